The molecule has 7 nitrogen and oxygen atoms in total. The van der Waals surface area contributed by atoms with Gasteiger partial charge >= 0.3 is 6.18 Å². The lowest BCUT2D eigenvalue weighted by Crippen LogP contribution is -2.39. The third-order valence-electron chi connectivity index (χ3n) is 6.29. The Morgan fingerprint density at radius 3 is 2.65 bits per heavy atom. The van der Waals surface area contributed by atoms with Crippen LogP contribution >= 0.6 is 11.6 Å². The molecule has 0 bridgehead atoms. The van der Waals surface area contributed by atoms with Gasteiger partial charge in [-0.15, -0.1) is 0 Å². The average molecular weight is 534 g/mol. The molecule has 0 saturated carbocycles. The molecule has 3 aromatic heterocycles. The predicted octanol–water partition coefficient (Wildman–Crippen LogP) is 5.09. The number of aromatic nitrogens is 4. The van der Waals surface area contributed by atoms with Crippen molar-refractivity contribution in [2.24, 2.45) is 7.05 Å². The summed E-state index contributed by atoms with van der Waals surface area (Å²) in [7, 11) is 1.57. The summed E-state index contributed by atoms with van der Waals surface area (Å²) in [6, 6.07) is 8.14. The number of morpholine rings is 1. The zero-order valence-corrected chi connectivity index (χ0v) is 20.4. The van der Waals surface area contributed by atoms with E-state index in [0.717, 1.165) is 18.3 Å². The minimum absolute atomic E-state index is 0.0766. The van der Waals surface area contributed by atoms with Crippen LogP contribution in [0.3, 0.4) is 0 Å². The molecule has 0 aliphatic carbocycles. The molecule has 1 fully saturated rings. The predicted molar refractivity (Wildman–Crippen MR) is 130 cm³/mol. The molecule has 1 atom stereocenters. The first kappa shape index (κ1) is 25.1. The summed E-state index contributed by atoms with van der Waals surface area (Å²) in [5.41, 5.74) is -0.581. The standard InChI is InChI=1S/C25H20ClF4N5O2/c1-13-32-18-11-21(33-23(22(18)24(36)34(13)2)16-4-3-15(26)10-17(16)27)35-7-8-37-19(12-35)14-5-6-31-20(9-14)25(28,29)30/h3-6,9-11,19H,7-8,12H2,1-2H3/t19-/m0/s1. The van der Waals surface area contributed by atoms with Gasteiger partial charge in [0.1, 0.15) is 29.3 Å². The second kappa shape index (κ2) is 9.38. The highest BCUT2D eigenvalue weighted by Crippen LogP contribution is 2.34. The number of halogens is 5. The molecule has 0 amide bonds. The van der Waals surface area contributed by atoms with Crippen molar-refractivity contribution in [1.29, 1.82) is 0 Å². The van der Waals surface area contributed by atoms with E-state index in [9.17, 15) is 22.4 Å². The molecule has 0 spiro atoms. The van der Waals surface area contributed by atoms with Crippen LogP contribution in [0.4, 0.5) is 23.4 Å². The van der Waals surface area contributed by atoms with Gasteiger partial charge < -0.3 is 9.64 Å². The van der Waals surface area contributed by atoms with Crippen LogP contribution in [0.25, 0.3) is 22.2 Å². The van der Waals surface area contributed by atoms with Gasteiger partial charge in [0.15, 0.2) is 0 Å². The molecule has 12 heteroatoms. The fourth-order valence-electron chi connectivity index (χ4n) is 4.28. The first-order valence-corrected chi connectivity index (χ1v) is 11.6. The fourth-order valence-corrected chi connectivity index (χ4v) is 4.44. The summed E-state index contributed by atoms with van der Waals surface area (Å²) in [5, 5.41) is 0.335. The number of rotatable bonds is 3. The average Bonchev–Trinajstić information content (AvgIpc) is 2.86. The van der Waals surface area contributed by atoms with Crippen LogP contribution in [-0.2, 0) is 18.0 Å². The van der Waals surface area contributed by atoms with E-state index in [-0.39, 0.29) is 40.4 Å². The number of pyridine rings is 2. The molecule has 0 unspecified atom stereocenters. The van der Waals surface area contributed by atoms with E-state index >= 15 is 0 Å². The lowest BCUT2D eigenvalue weighted by molar-refractivity contribution is -0.141. The van der Waals surface area contributed by atoms with E-state index in [0.29, 0.717) is 29.3 Å². The van der Waals surface area contributed by atoms with Crippen LogP contribution in [-0.4, -0.2) is 39.2 Å². The number of aryl methyl sites for hydroxylation is 1. The molecule has 1 saturated heterocycles. The van der Waals surface area contributed by atoms with Gasteiger partial charge in [-0.25, -0.2) is 14.4 Å². The highest BCUT2D eigenvalue weighted by molar-refractivity contribution is 6.30. The monoisotopic (exact) mass is 533 g/mol. The van der Waals surface area contributed by atoms with Gasteiger partial charge in [-0.05, 0) is 42.8 Å². The summed E-state index contributed by atoms with van der Waals surface area (Å²) in [6.45, 7) is 2.43. The Hall–Kier alpha value is -3.57. The molecule has 0 N–H and O–H groups in total. The summed E-state index contributed by atoms with van der Waals surface area (Å²) in [5.74, 6) is 0.182. The maximum Gasteiger partial charge on any atom is 0.433 e. The summed E-state index contributed by atoms with van der Waals surface area (Å²) in [4.78, 5) is 27.6. The van der Waals surface area contributed by atoms with Crippen molar-refractivity contribution in [1.82, 2.24) is 19.5 Å². The Kier molecular flexibility index (Phi) is 6.36. The quantitative estimate of drug-likeness (QED) is 0.342. The Morgan fingerprint density at radius 2 is 1.92 bits per heavy atom. The first-order chi connectivity index (χ1) is 17.5. The molecule has 1 aliphatic heterocycles. The number of alkyl halides is 3. The van der Waals surface area contributed by atoms with E-state index < -0.39 is 23.8 Å². The molecule has 37 heavy (non-hydrogen) atoms. The molecule has 1 aromatic carbocycles. The zero-order valence-electron chi connectivity index (χ0n) is 19.7. The van der Waals surface area contributed by atoms with E-state index in [1.54, 1.807) is 20.0 Å². The van der Waals surface area contributed by atoms with Crippen molar-refractivity contribution in [2.75, 3.05) is 24.6 Å². The van der Waals surface area contributed by atoms with Crippen LogP contribution in [0, 0.1) is 12.7 Å². The van der Waals surface area contributed by atoms with Crippen LogP contribution in [0.15, 0.2) is 47.4 Å². The van der Waals surface area contributed by atoms with Crippen LogP contribution < -0.4 is 10.5 Å². The molecule has 192 valence electrons. The van der Waals surface area contributed by atoms with Crippen LogP contribution in [0.2, 0.25) is 5.02 Å². The molecular weight excluding hydrogens is 514 g/mol. The number of hydrogen-bond acceptors (Lipinski definition) is 6. The number of benzene rings is 1. The molecule has 4 aromatic rings. The van der Waals surface area contributed by atoms with E-state index in [2.05, 4.69) is 15.0 Å². The Balaban J connectivity index is 1.62. The summed E-state index contributed by atoms with van der Waals surface area (Å²) in [6.07, 6.45) is -4.18. The van der Waals surface area contributed by atoms with Gasteiger partial charge in [0.2, 0.25) is 0 Å². The smallest absolute Gasteiger partial charge is 0.370 e. The lowest BCUT2D eigenvalue weighted by Gasteiger charge is -2.34. The Labute approximate surface area is 213 Å². The topological polar surface area (TPSA) is 73.1 Å². The van der Waals surface area contributed by atoms with Gasteiger partial charge in [0.05, 0.1) is 23.2 Å². The number of fused-ring (bicyclic) bond motifs is 1. The van der Waals surface area contributed by atoms with Gasteiger partial charge in [0.25, 0.3) is 5.56 Å². The van der Waals surface area contributed by atoms with Crippen LogP contribution in [0.5, 0.6) is 0 Å². The molecule has 0 radical (unpaired) electrons. The van der Waals surface area contributed by atoms with Crippen molar-refractivity contribution >= 4 is 28.3 Å². The molecule has 1 aliphatic rings. The minimum atomic E-state index is -4.59. The normalized spacial score (nSPS) is 16.4. The number of hydrogen-bond donors (Lipinski definition) is 0. The first-order valence-electron chi connectivity index (χ1n) is 11.3. The molecule has 5 rings (SSSR count). The summed E-state index contributed by atoms with van der Waals surface area (Å²) < 4.78 is 61.7. The van der Waals surface area contributed by atoms with E-state index in [1.165, 1.54) is 22.8 Å². The highest BCUT2D eigenvalue weighted by atomic mass is 35.5. The number of anilines is 1. The van der Waals surface area contributed by atoms with E-state index in [4.69, 9.17) is 16.3 Å². The van der Waals surface area contributed by atoms with Crippen molar-refractivity contribution in [2.45, 2.75) is 19.2 Å². The maximum absolute atomic E-state index is 15.0. The lowest BCUT2D eigenvalue weighted by atomic mass is 10.1. The second-order valence-corrected chi connectivity index (χ2v) is 9.08. The largest absolute Gasteiger partial charge is 0.433 e. The second-order valence-electron chi connectivity index (χ2n) is 8.65. The summed E-state index contributed by atoms with van der Waals surface area (Å²) >= 11 is 5.93. The zero-order chi connectivity index (χ0) is 26.5. The Morgan fingerprint density at radius 1 is 1.14 bits per heavy atom. The van der Waals surface area contributed by atoms with Gasteiger partial charge in [-0.3, -0.25) is 14.3 Å². The van der Waals surface area contributed by atoms with Crippen molar-refractivity contribution in [3.63, 3.8) is 0 Å². The third-order valence-corrected chi connectivity index (χ3v) is 6.53. The molecule has 4 heterocycles. The third kappa shape index (κ3) is 4.76. The van der Waals surface area contributed by atoms with Crippen LogP contribution in [0.1, 0.15) is 23.2 Å². The fraction of sp³-hybridized carbons (Fsp3) is 0.280. The van der Waals surface area contributed by atoms with Crippen molar-refractivity contribution in [3.8, 4) is 11.3 Å². The van der Waals surface area contributed by atoms with Gasteiger partial charge in [-0.1, -0.05) is 11.6 Å². The van der Waals surface area contributed by atoms with Crippen molar-refractivity contribution < 1.29 is 22.3 Å². The number of ether oxygens (including phenoxy) is 1. The van der Waals surface area contributed by atoms with E-state index in [1.807, 2.05) is 4.90 Å². The highest BCUT2D eigenvalue weighted by Gasteiger charge is 2.34. The van der Waals surface area contributed by atoms with Crippen molar-refractivity contribution in [3.05, 3.63) is 80.9 Å². The molecular formula is C25H20ClF4N5O2. The van der Waals surface area contributed by atoms with Gasteiger partial charge in [0, 0.05) is 43.0 Å². The van der Waals surface area contributed by atoms with Gasteiger partial charge in [-0.2, -0.15) is 13.2 Å². The Bertz CT molecular complexity index is 1570. The SMILES string of the molecule is Cc1nc2cc(N3CCO[C@H](c4ccnc(C(F)(F)F)c4)C3)nc(-c3ccc(Cl)cc3F)c2c(=O)n1C. The minimum Gasteiger partial charge on any atom is -0.370 e. The number of nitrogens with zero attached hydrogens (tertiary/aromatic N) is 5. The maximum atomic E-state index is 15.0.